The molecule has 0 spiro atoms. The number of aliphatic hydroxyl groups excluding tert-OH is 1. The number of para-hydroxylation sites is 1. The molecular formula is C26H32N2O6. The lowest BCUT2D eigenvalue weighted by atomic mass is 9.94. The lowest BCUT2D eigenvalue weighted by Crippen LogP contribution is -2.35. The quantitative estimate of drug-likeness (QED) is 0.342. The van der Waals surface area contributed by atoms with Gasteiger partial charge in [0.1, 0.15) is 11.5 Å². The van der Waals surface area contributed by atoms with Crippen molar-refractivity contribution >= 4 is 17.4 Å². The number of carbonyl (C=O) groups excluding carboxylic acids is 2. The van der Waals surface area contributed by atoms with E-state index in [1.165, 1.54) is 19.1 Å². The molecule has 1 aliphatic heterocycles. The fourth-order valence-corrected chi connectivity index (χ4v) is 3.96. The zero-order valence-corrected chi connectivity index (χ0v) is 20.5. The maximum atomic E-state index is 13.2. The molecule has 182 valence electrons. The molecule has 1 atom stereocenters. The molecule has 0 aliphatic carbocycles. The molecule has 1 fully saturated rings. The highest BCUT2D eigenvalue weighted by molar-refractivity contribution is 6.46. The van der Waals surface area contributed by atoms with Gasteiger partial charge in [0, 0.05) is 13.1 Å². The van der Waals surface area contributed by atoms with E-state index in [1.54, 1.807) is 42.5 Å². The Hall–Kier alpha value is -3.52. The summed E-state index contributed by atoms with van der Waals surface area (Å²) in [6.45, 7) is 4.68. The highest BCUT2D eigenvalue weighted by atomic mass is 16.5. The molecule has 3 rings (SSSR count). The van der Waals surface area contributed by atoms with Crippen LogP contribution in [0.3, 0.4) is 0 Å². The number of aliphatic hydroxyl groups is 1. The molecule has 1 heterocycles. The number of carbonyl (C=O) groups is 2. The number of hydrogen-bond acceptors (Lipinski definition) is 7. The van der Waals surface area contributed by atoms with Crippen molar-refractivity contribution in [2.24, 2.45) is 0 Å². The summed E-state index contributed by atoms with van der Waals surface area (Å²) in [5.74, 6) is -0.262. The molecule has 1 saturated heterocycles. The summed E-state index contributed by atoms with van der Waals surface area (Å²) >= 11 is 0. The zero-order valence-electron chi connectivity index (χ0n) is 20.5. The highest BCUT2D eigenvalue weighted by Crippen LogP contribution is 2.43. The van der Waals surface area contributed by atoms with E-state index in [2.05, 4.69) is 0 Å². The van der Waals surface area contributed by atoms with Crippen molar-refractivity contribution in [2.75, 3.05) is 41.4 Å². The Labute approximate surface area is 200 Å². The van der Waals surface area contributed by atoms with Crippen LogP contribution in [0.5, 0.6) is 17.2 Å². The lowest BCUT2D eigenvalue weighted by Gasteiger charge is -2.27. The van der Waals surface area contributed by atoms with Crippen LogP contribution in [0, 0.1) is 0 Å². The molecule has 34 heavy (non-hydrogen) atoms. The average molecular weight is 469 g/mol. The average Bonchev–Trinajstić information content (AvgIpc) is 3.06. The van der Waals surface area contributed by atoms with E-state index in [9.17, 15) is 14.7 Å². The maximum absolute atomic E-state index is 13.2. The van der Waals surface area contributed by atoms with Crippen molar-refractivity contribution in [3.63, 3.8) is 0 Å². The number of nitrogens with zero attached hydrogens (tertiary/aromatic N) is 2. The van der Waals surface area contributed by atoms with Gasteiger partial charge in [-0.15, -0.1) is 0 Å². The van der Waals surface area contributed by atoms with E-state index in [0.717, 1.165) is 0 Å². The van der Waals surface area contributed by atoms with Crippen LogP contribution in [0.4, 0.5) is 0 Å². The Morgan fingerprint density at radius 2 is 1.71 bits per heavy atom. The predicted molar refractivity (Wildman–Crippen MR) is 129 cm³/mol. The van der Waals surface area contributed by atoms with Gasteiger partial charge < -0.3 is 29.1 Å². The molecule has 2 aromatic carbocycles. The molecule has 0 saturated carbocycles. The number of hydrogen-bond donors (Lipinski definition) is 1. The number of ketones is 1. The van der Waals surface area contributed by atoms with Crippen molar-refractivity contribution in [1.29, 1.82) is 0 Å². The number of benzene rings is 2. The molecule has 1 aliphatic rings. The van der Waals surface area contributed by atoms with Crippen molar-refractivity contribution in [3.8, 4) is 17.2 Å². The largest absolute Gasteiger partial charge is 0.507 e. The molecule has 2 aromatic rings. The molecule has 0 radical (unpaired) electrons. The van der Waals surface area contributed by atoms with Gasteiger partial charge in [0.15, 0.2) is 11.5 Å². The summed E-state index contributed by atoms with van der Waals surface area (Å²) in [5, 5.41) is 11.3. The van der Waals surface area contributed by atoms with Gasteiger partial charge in [-0.1, -0.05) is 18.2 Å². The second kappa shape index (κ2) is 10.6. The highest BCUT2D eigenvalue weighted by Gasteiger charge is 2.46. The second-order valence-electron chi connectivity index (χ2n) is 8.57. The third kappa shape index (κ3) is 5.02. The summed E-state index contributed by atoms with van der Waals surface area (Å²) < 4.78 is 16.7. The van der Waals surface area contributed by atoms with Crippen LogP contribution in [0.1, 0.15) is 31.0 Å². The fourth-order valence-electron chi connectivity index (χ4n) is 3.96. The van der Waals surface area contributed by atoms with Crippen LogP contribution in [-0.2, 0) is 9.59 Å². The fraction of sp³-hybridized carbons (Fsp3) is 0.385. The number of likely N-dealkylation sites (N-methyl/N-ethyl adjacent to an activating group) is 1. The monoisotopic (exact) mass is 468 g/mol. The Morgan fingerprint density at radius 1 is 1.03 bits per heavy atom. The summed E-state index contributed by atoms with van der Waals surface area (Å²) in [6.07, 6.45) is -0.0592. The summed E-state index contributed by atoms with van der Waals surface area (Å²) in [7, 11) is 6.80. The number of likely N-dealkylation sites (tertiary alicyclic amines) is 1. The Kier molecular flexibility index (Phi) is 7.83. The van der Waals surface area contributed by atoms with Crippen molar-refractivity contribution in [3.05, 3.63) is 59.2 Å². The molecule has 1 N–H and O–H groups in total. The first-order valence-corrected chi connectivity index (χ1v) is 11.1. The van der Waals surface area contributed by atoms with Gasteiger partial charge in [-0.2, -0.15) is 0 Å². The minimum absolute atomic E-state index is 0.00726. The van der Waals surface area contributed by atoms with Gasteiger partial charge in [0.25, 0.3) is 11.7 Å². The first-order valence-electron chi connectivity index (χ1n) is 11.1. The number of rotatable bonds is 9. The number of methoxy groups -OCH3 is 2. The molecule has 0 aromatic heterocycles. The summed E-state index contributed by atoms with van der Waals surface area (Å²) in [6, 6.07) is 11.3. The molecule has 8 heteroatoms. The van der Waals surface area contributed by atoms with E-state index in [0.29, 0.717) is 41.5 Å². The Bertz CT molecular complexity index is 1090. The normalized spacial score (nSPS) is 17.5. The SMILES string of the molecule is COc1cc(C2/C(=C(/O)c3ccccc3OC)C(=O)C(=O)N2CCN(C)C)ccc1OC(C)C. The first-order chi connectivity index (χ1) is 16.2. The van der Waals surface area contributed by atoms with Gasteiger partial charge in [-0.25, -0.2) is 0 Å². The van der Waals surface area contributed by atoms with Gasteiger partial charge in [0.05, 0.1) is 37.5 Å². The minimum atomic E-state index is -0.799. The molecule has 0 bridgehead atoms. The molecule has 8 nitrogen and oxygen atoms in total. The van der Waals surface area contributed by atoms with Crippen LogP contribution in [0.25, 0.3) is 5.76 Å². The van der Waals surface area contributed by atoms with Crippen LogP contribution in [0.2, 0.25) is 0 Å². The first kappa shape index (κ1) is 25.1. The van der Waals surface area contributed by atoms with E-state index in [4.69, 9.17) is 14.2 Å². The lowest BCUT2D eigenvalue weighted by molar-refractivity contribution is -0.140. The topological polar surface area (TPSA) is 88.5 Å². The summed E-state index contributed by atoms with van der Waals surface area (Å²) in [5.41, 5.74) is 0.975. The minimum Gasteiger partial charge on any atom is -0.507 e. The Morgan fingerprint density at radius 3 is 2.32 bits per heavy atom. The molecular weight excluding hydrogens is 436 g/mol. The van der Waals surface area contributed by atoms with Crippen molar-refractivity contribution < 1.29 is 28.9 Å². The Balaban J connectivity index is 2.20. The van der Waals surface area contributed by atoms with Gasteiger partial charge in [0.2, 0.25) is 0 Å². The van der Waals surface area contributed by atoms with E-state index in [1.807, 2.05) is 32.8 Å². The number of amides is 1. The van der Waals surface area contributed by atoms with E-state index in [-0.39, 0.29) is 17.4 Å². The number of ether oxygens (including phenoxy) is 3. The standard InChI is InChI=1S/C26H32N2O6/c1-16(2)34-20-12-11-17(15-21(20)33-6)23-22(24(29)18-9-7-8-10-19(18)32-5)25(30)26(31)28(23)14-13-27(3)4/h7-12,15-16,23,29H,13-14H2,1-6H3/b24-22-. The second-order valence-corrected chi connectivity index (χ2v) is 8.57. The predicted octanol–water partition coefficient (Wildman–Crippen LogP) is 3.47. The van der Waals surface area contributed by atoms with Crippen LogP contribution in [0.15, 0.2) is 48.0 Å². The van der Waals surface area contributed by atoms with Crippen LogP contribution < -0.4 is 14.2 Å². The third-order valence-corrected chi connectivity index (χ3v) is 5.56. The third-order valence-electron chi connectivity index (χ3n) is 5.56. The smallest absolute Gasteiger partial charge is 0.295 e. The van der Waals surface area contributed by atoms with Crippen molar-refractivity contribution in [2.45, 2.75) is 26.0 Å². The van der Waals surface area contributed by atoms with E-state index < -0.39 is 17.7 Å². The van der Waals surface area contributed by atoms with Gasteiger partial charge in [-0.05, 0) is 57.8 Å². The molecule has 1 unspecified atom stereocenters. The van der Waals surface area contributed by atoms with Crippen molar-refractivity contribution in [1.82, 2.24) is 9.80 Å². The zero-order chi connectivity index (χ0) is 25.0. The van der Waals surface area contributed by atoms with Crippen LogP contribution >= 0.6 is 0 Å². The van der Waals surface area contributed by atoms with Crippen LogP contribution in [-0.4, -0.2) is 74.1 Å². The van der Waals surface area contributed by atoms with Gasteiger partial charge >= 0.3 is 0 Å². The molecule has 1 amide bonds. The van der Waals surface area contributed by atoms with Gasteiger partial charge in [-0.3, -0.25) is 9.59 Å². The summed E-state index contributed by atoms with van der Waals surface area (Å²) in [4.78, 5) is 29.7. The van der Waals surface area contributed by atoms with E-state index >= 15 is 0 Å². The number of Topliss-reactive ketones (excluding diaryl/α,β-unsaturated/α-hetero) is 1. The maximum Gasteiger partial charge on any atom is 0.295 e.